The van der Waals surface area contributed by atoms with Crippen LogP contribution in [-0.4, -0.2) is 20.5 Å². The lowest BCUT2D eigenvalue weighted by Crippen LogP contribution is -2.23. The van der Waals surface area contributed by atoms with Crippen molar-refractivity contribution < 1.29 is 4.79 Å². The van der Waals surface area contributed by atoms with Crippen molar-refractivity contribution in [2.75, 3.05) is 0 Å². The van der Waals surface area contributed by atoms with Crippen molar-refractivity contribution in [3.8, 4) is 0 Å². The SMILES string of the molecule is O=C(NCc1ccccc1)c1cnn2c3c(cnc12)CCCCCC3. The minimum atomic E-state index is -0.128. The van der Waals surface area contributed by atoms with Crippen molar-refractivity contribution in [3.63, 3.8) is 0 Å². The van der Waals surface area contributed by atoms with Crippen LogP contribution in [0.25, 0.3) is 5.65 Å². The van der Waals surface area contributed by atoms with Gasteiger partial charge in [-0.1, -0.05) is 43.2 Å². The third kappa shape index (κ3) is 3.27. The van der Waals surface area contributed by atoms with Gasteiger partial charge in [0.2, 0.25) is 0 Å². The Morgan fingerprint density at radius 1 is 1.04 bits per heavy atom. The lowest BCUT2D eigenvalue weighted by atomic mass is 9.98. The van der Waals surface area contributed by atoms with Crippen LogP contribution in [0.15, 0.2) is 42.7 Å². The maximum absolute atomic E-state index is 12.6. The third-order valence-electron chi connectivity index (χ3n) is 4.86. The molecule has 0 spiro atoms. The van der Waals surface area contributed by atoms with E-state index >= 15 is 0 Å². The topological polar surface area (TPSA) is 59.3 Å². The summed E-state index contributed by atoms with van der Waals surface area (Å²) in [6.45, 7) is 0.502. The largest absolute Gasteiger partial charge is 0.348 e. The number of nitrogens with one attached hydrogen (secondary N) is 1. The number of aromatic nitrogens is 3. The molecule has 0 saturated heterocycles. The average Bonchev–Trinajstić information content (AvgIpc) is 3.05. The summed E-state index contributed by atoms with van der Waals surface area (Å²) in [6, 6.07) is 9.90. The van der Waals surface area contributed by atoms with Crippen molar-refractivity contribution in [1.82, 2.24) is 19.9 Å². The van der Waals surface area contributed by atoms with Crippen LogP contribution in [0.2, 0.25) is 0 Å². The molecule has 4 rings (SSSR count). The molecule has 5 heteroatoms. The highest BCUT2D eigenvalue weighted by molar-refractivity contribution is 5.99. The lowest BCUT2D eigenvalue weighted by molar-refractivity contribution is 0.0952. The van der Waals surface area contributed by atoms with Gasteiger partial charge < -0.3 is 5.32 Å². The smallest absolute Gasteiger partial charge is 0.257 e. The highest BCUT2D eigenvalue weighted by Crippen LogP contribution is 2.21. The number of hydrogen-bond acceptors (Lipinski definition) is 3. The number of rotatable bonds is 3. The van der Waals surface area contributed by atoms with E-state index < -0.39 is 0 Å². The van der Waals surface area contributed by atoms with Gasteiger partial charge in [-0.2, -0.15) is 5.10 Å². The maximum Gasteiger partial charge on any atom is 0.257 e. The number of hydrogen-bond donors (Lipinski definition) is 1. The Morgan fingerprint density at radius 3 is 2.68 bits per heavy atom. The summed E-state index contributed by atoms with van der Waals surface area (Å²) in [5, 5.41) is 7.44. The average molecular weight is 334 g/mol. The summed E-state index contributed by atoms with van der Waals surface area (Å²) >= 11 is 0. The second kappa shape index (κ2) is 7.05. The molecule has 3 aromatic rings. The molecule has 128 valence electrons. The van der Waals surface area contributed by atoms with Crippen molar-refractivity contribution in [1.29, 1.82) is 0 Å². The van der Waals surface area contributed by atoms with Crippen molar-refractivity contribution in [3.05, 3.63) is 65.1 Å². The summed E-state index contributed by atoms with van der Waals surface area (Å²) in [5.41, 5.74) is 4.76. The first-order chi connectivity index (χ1) is 12.3. The molecule has 0 radical (unpaired) electrons. The Hall–Kier alpha value is -2.69. The van der Waals surface area contributed by atoms with Gasteiger partial charge in [-0.15, -0.1) is 0 Å². The molecule has 0 bridgehead atoms. The van der Waals surface area contributed by atoms with E-state index in [1.54, 1.807) is 6.20 Å². The molecule has 1 aliphatic carbocycles. The zero-order valence-corrected chi connectivity index (χ0v) is 14.2. The summed E-state index contributed by atoms with van der Waals surface area (Å²) in [5.74, 6) is -0.128. The fourth-order valence-corrected chi connectivity index (χ4v) is 3.48. The van der Waals surface area contributed by atoms with Crippen molar-refractivity contribution >= 4 is 11.6 Å². The first-order valence-corrected chi connectivity index (χ1v) is 8.99. The molecule has 2 heterocycles. The molecule has 25 heavy (non-hydrogen) atoms. The van der Waals surface area contributed by atoms with Gasteiger partial charge in [0.1, 0.15) is 5.56 Å². The van der Waals surface area contributed by atoms with Crippen LogP contribution in [0.4, 0.5) is 0 Å². The second-order valence-corrected chi connectivity index (χ2v) is 6.61. The lowest BCUT2D eigenvalue weighted by Gasteiger charge is -2.14. The van der Waals surface area contributed by atoms with Crippen LogP contribution < -0.4 is 5.32 Å². The number of carbonyl (C=O) groups excluding carboxylic acids is 1. The van der Waals surface area contributed by atoms with E-state index in [2.05, 4.69) is 15.4 Å². The highest BCUT2D eigenvalue weighted by Gasteiger charge is 2.18. The molecule has 1 aromatic carbocycles. The predicted molar refractivity (Wildman–Crippen MR) is 96.5 cm³/mol. The number of amides is 1. The maximum atomic E-state index is 12.6. The van der Waals surface area contributed by atoms with Gasteiger partial charge in [0, 0.05) is 18.4 Å². The van der Waals surface area contributed by atoms with Gasteiger partial charge in [0.05, 0.1) is 6.20 Å². The zero-order chi connectivity index (χ0) is 17.1. The molecule has 2 aromatic heterocycles. The first kappa shape index (κ1) is 15.8. The summed E-state index contributed by atoms with van der Waals surface area (Å²) < 4.78 is 1.87. The molecule has 0 saturated carbocycles. The van der Waals surface area contributed by atoms with E-state index in [1.165, 1.54) is 36.9 Å². The van der Waals surface area contributed by atoms with E-state index in [-0.39, 0.29) is 5.91 Å². The van der Waals surface area contributed by atoms with E-state index in [4.69, 9.17) is 0 Å². The van der Waals surface area contributed by atoms with Gasteiger partial charge >= 0.3 is 0 Å². The second-order valence-electron chi connectivity index (χ2n) is 6.61. The number of carbonyl (C=O) groups is 1. The summed E-state index contributed by atoms with van der Waals surface area (Å²) in [7, 11) is 0. The number of aryl methyl sites for hydroxylation is 2. The Morgan fingerprint density at radius 2 is 1.84 bits per heavy atom. The molecule has 0 aliphatic heterocycles. The van der Waals surface area contributed by atoms with Gasteiger partial charge in [-0.25, -0.2) is 9.50 Å². The Bertz CT molecular complexity index is 885. The molecular formula is C20H22N4O. The van der Waals surface area contributed by atoms with E-state index in [9.17, 15) is 4.79 Å². The molecule has 1 amide bonds. The standard InChI is InChI=1S/C20H22N4O/c25-20(22-12-15-8-4-3-5-9-15)17-14-23-24-18-11-7-2-1-6-10-16(18)13-21-19(17)24/h3-5,8-9,13-14H,1-2,6-7,10-12H2,(H,22,25). The van der Waals surface area contributed by atoms with Crippen LogP contribution in [0.3, 0.4) is 0 Å². The minimum absolute atomic E-state index is 0.128. The van der Waals surface area contributed by atoms with E-state index in [0.717, 1.165) is 18.4 Å². The van der Waals surface area contributed by atoms with Crippen molar-refractivity contribution in [2.24, 2.45) is 0 Å². The zero-order valence-electron chi connectivity index (χ0n) is 14.2. The molecular weight excluding hydrogens is 312 g/mol. The number of benzene rings is 1. The fraction of sp³-hybridized carbons (Fsp3) is 0.350. The number of fused-ring (bicyclic) bond motifs is 3. The fourth-order valence-electron chi connectivity index (χ4n) is 3.48. The van der Waals surface area contributed by atoms with E-state index in [0.29, 0.717) is 17.8 Å². The van der Waals surface area contributed by atoms with Gasteiger partial charge in [0.25, 0.3) is 5.91 Å². The number of nitrogens with zero attached hydrogens (tertiary/aromatic N) is 3. The third-order valence-corrected chi connectivity index (χ3v) is 4.86. The highest BCUT2D eigenvalue weighted by atomic mass is 16.1. The first-order valence-electron chi connectivity index (χ1n) is 8.99. The Labute approximate surface area is 147 Å². The van der Waals surface area contributed by atoms with Gasteiger partial charge in [-0.05, 0) is 36.8 Å². The summed E-state index contributed by atoms with van der Waals surface area (Å²) in [6.07, 6.45) is 10.5. The van der Waals surface area contributed by atoms with Crippen LogP contribution in [0, 0.1) is 0 Å². The predicted octanol–water partition coefficient (Wildman–Crippen LogP) is 3.32. The van der Waals surface area contributed by atoms with Gasteiger partial charge in [-0.3, -0.25) is 4.79 Å². The molecule has 5 nitrogen and oxygen atoms in total. The monoisotopic (exact) mass is 334 g/mol. The van der Waals surface area contributed by atoms with Crippen LogP contribution in [0.5, 0.6) is 0 Å². The summed E-state index contributed by atoms with van der Waals surface area (Å²) in [4.78, 5) is 17.1. The van der Waals surface area contributed by atoms with Crippen LogP contribution in [0.1, 0.15) is 52.9 Å². The molecule has 0 unspecified atom stereocenters. The minimum Gasteiger partial charge on any atom is -0.348 e. The Balaban J connectivity index is 1.60. The van der Waals surface area contributed by atoms with Crippen molar-refractivity contribution in [2.45, 2.75) is 45.1 Å². The molecule has 0 fully saturated rings. The molecule has 1 aliphatic rings. The van der Waals surface area contributed by atoms with Crippen LogP contribution >= 0.6 is 0 Å². The Kier molecular flexibility index (Phi) is 4.46. The van der Waals surface area contributed by atoms with Crippen LogP contribution in [-0.2, 0) is 19.4 Å². The molecule has 1 N–H and O–H groups in total. The normalized spacial score (nSPS) is 14.6. The quantitative estimate of drug-likeness (QED) is 0.799. The molecule has 0 atom stereocenters. The van der Waals surface area contributed by atoms with Gasteiger partial charge in [0.15, 0.2) is 5.65 Å². The van der Waals surface area contributed by atoms with E-state index in [1.807, 2.05) is 41.0 Å².